The lowest BCUT2D eigenvalue weighted by molar-refractivity contribution is 0.00332. The van der Waals surface area contributed by atoms with E-state index >= 15 is 0 Å². The average Bonchev–Trinajstić information content (AvgIpc) is 2.24. The van der Waals surface area contributed by atoms with Gasteiger partial charge in [-0.2, -0.15) is 8.78 Å². The van der Waals surface area contributed by atoms with Crippen LogP contribution in [0.4, 0.5) is 14.5 Å². The molecule has 0 fully saturated rings. The smallest absolute Gasteiger partial charge is 0.288 e. The fourth-order valence-corrected chi connectivity index (χ4v) is 1.97. The van der Waals surface area contributed by atoms with E-state index in [4.69, 9.17) is 4.74 Å². The Morgan fingerprint density at radius 1 is 1.28 bits per heavy atom. The summed E-state index contributed by atoms with van der Waals surface area (Å²) in [7, 11) is 0. The molecular formula is C13H19F2NOS. The summed E-state index contributed by atoms with van der Waals surface area (Å²) in [5, 5.41) is 3.11. The highest BCUT2D eigenvalue weighted by Gasteiger charge is 2.11. The zero-order valence-corrected chi connectivity index (χ0v) is 11.7. The van der Waals surface area contributed by atoms with Gasteiger partial charge in [0.1, 0.15) is 0 Å². The molecule has 0 amide bonds. The molecule has 102 valence electrons. The van der Waals surface area contributed by atoms with E-state index in [1.165, 1.54) is 0 Å². The number of rotatable bonds is 6. The number of alkyl halides is 2. The Hall–Kier alpha value is -0.810. The Morgan fingerprint density at radius 3 is 2.56 bits per heavy atom. The van der Waals surface area contributed by atoms with Crippen molar-refractivity contribution in [2.75, 3.05) is 18.5 Å². The van der Waals surface area contributed by atoms with Crippen molar-refractivity contribution in [3.63, 3.8) is 0 Å². The number of hydrogen-bond acceptors (Lipinski definition) is 3. The Kier molecular flexibility index (Phi) is 5.88. The van der Waals surface area contributed by atoms with Gasteiger partial charge in [-0.15, -0.1) is 0 Å². The minimum Gasteiger partial charge on any atom is -0.382 e. The Balaban J connectivity index is 2.46. The standard InChI is InChI=1S/C13H19F2NOS/c1-13(2,3)17-9-8-16-10-6-4-5-7-11(10)18-12(14)15/h4-7,12,16H,8-9H2,1-3H3. The summed E-state index contributed by atoms with van der Waals surface area (Å²) in [6.07, 6.45) is 0. The number of para-hydroxylation sites is 1. The van der Waals surface area contributed by atoms with Crippen LogP contribution in [0.3, 0.4) is 0 Å². The Bertz CT molecular complexity index is 366. The summed E-state index contributed by atoms with van der Waals surface area (Å²) >= 11 is 0.552. The second-order valence-electron chi connectivity index (χ2n) is 4.76. The first kappa shape index (κ1) is 15.2. The maximum Gasteiger partial charge on any atom is 0.288 e. The normalized spacial score (nSPS) is 11.9. The van der Waals surface area contributed by atoms with E-state index in [0.717, 1.165) is 5.69 Å². The maximum absolute atomic E-state index is 12.4. The van der Waals surface area contributed by atoms with Gasteiger partial charge in [0.15, 0.2) is 0 Å². The van der Waals surface area contributed by atoms with E-state index in [2.05, 4.69) is 5.32 Å². The van der Waals surface area contributed by atoms with Gasteiger partial charge in [0.25, 0.3) is 5.76 Å². The zero-order chi connectivity index (χ0) is 13.6. The van der Waals surface area contributed by atoms with Crippen LogP contribution in [0.15, 0.2) is 29.2 Å². The lowest BCUT2D eigenvalue weighted by Crippen LogP contribution is -2.23. The molecule has 0 saturated heterocycles. The highest BCUT2D eigenvalue weighted by molar-refractivity contribution is 7.99. The molecule has 0 unspecified atom stereocenters. The minimum absolute atomic E-state index is 0.182. The molecular weight excluding hydrogens is 256 g/mol. The minimum atomic E-state index is -2.40. The molecule has 1 aromatic carbocycles. The highest BCUT2D eigenvalue weighted by atomic mass is 32.2. The molecule has 1 aromatic rings. The van der Waals surface area contributed by atoms with Crippen molar-refractivity contribution in [2.45, 2.75) is 37.0 Å². The van der Waals surface area contributed by atoms with E-state index in [1.54, 1.807) is 18.2 Å². The van der Waals surface area contributed by atoms with Crippen molar-refractivity contribution in [3.05, 3.63) is 24.3 Å². The van der Waals surface area contributed by atoms with E-state index in [0.29, 0.717) is 29.8 Å². The molecule has 0 aliphatic rings. The molecule has 0 atom stereocenters. The van der Waals surface area contributed by atoms with Crippen LogP contribution in [0.1, 0.15) is 20.8 Å². The molecule has 5 heteroatoms. The lowest BCUT2D eigenvalue weighted by atomic mass is 10.2. The van der Waals surface area contributed by atoms with Gasteiger partial charge < -0.3 is 10.1 Å². The summed E-state index contributed by atoms with van der Waals surface area (Å²) < 4.78 is 30.3. The van der Waals surface area contributed by atoms with Crippen molar-refractivity contribution in [3.8, 4) is 0 Å². The summed E-state index contributed by atoms with van der Waals surface area (Å²) in [5.41, 5.74) is 0.541. The van der Waals surface area contributed by atoms with Crippen LogP contribution in [-0.4, -0.2) is 24.5 Å². The van der Waals surface area contributed by atoms with Gasteiger partial charge in [0, 0.05) is 17.1 Å². The van der Waals surface area contributed by atoms with Crippen LogP contribution in [0, 0.1) is 0 Å². The van der Waals surface area contributed by atoms with Gasteiger partial charge in [0.05, 0.1) is 12.2 Å². The summed E-state index contributed by atoms with van der Waals surface area (Å²) in [6.45, 7) is 7.07. The van der Waals surface area contributed by atoms with Crippen LogP contribution in [0.25, 0.3) is 0 Å². The third-order valence-corrected chi connectivity index (χ3v) is 2.84. The van der Waals surface area contributed by atoms with Crippen molar-refractivity contribution >= 4 is 17.4 Å². The van der Waals surface area contributed by atoms with Gasteiger partial charge in [-0.3, -0.25) is 0 Å². The Morgan fingerprint density at radius 2 is 1.94 bits per heavy atom. The number of halogens is 2. The molecule has 0 bridgehead atoms. The molecule has 18 heavy (non-hydrogen) atoms. The predicted molar refractivity (Wildman–Crippen MR) is 72.5 cm³/mol. The second kappa shape index (κ2) is 6.95. The van der Waals surface area contributed by atoms with Crippen molar-refractivity contribution in [1.82, 2.24) is 0 Å². The number of benzene rings is 1. The van der Waals surface area contributed by atoms with E-state index in [-0.39, 0.29) is 5.60 Å². The second-order valence-corrected chi connectivity index (χ2v) is 5.79. The largest absolute Gasteiger partial charge is 0.382 e. The third-order valence-electron chi connectivity index (χ3n) is 2.06. The van der Waals surface area contributed by atoms with Gasteiger partial charge in [-0.05, 0) is 32.9 Å². The topological polar surface area (TPSA) is 21.3 Å². The quantitative estimate of drug-likeness (QED) is 0.620. The number of thioether (sulfide) groups is 1. The molecule has 0 aliphatic heterocycles. The van der Waals surface area contributed by atoms with Crippen LogP contribution in [0.5, 0.6) is 0 Å². The van der Waals surface area contributed by atoms with Crippen LogP contribution in [-0.2, 0) is 4.74 Å². The Labute approximate surface area is 111 Å². The molecule has 0 heterocycles. The van der Waals surface area contributed by atoms with Gasteiger partial charge in [0.2, 0.25) is 0 Å². The number of nitrogens with one attached hydrogen (secondary N) is 1. The van der Waals surface area contributed by atoms with Gasteiger partial charge >= 0.3 is 0 Å². The van der Waals surface area contributed by atoms with Gasteiger partial charge in [-0.1, -0.05) is 23.9 Å². The first-order chi connectivity index (χ1) is 8.38. The molecule has 1 rings (SSSR count). The fourth-order valence-electron chi connectivity index (χ4n) is 1.35. The highest BCUT2D eigenvalue weighted by Crippen LogP contribution is 2.31. The first-order valence-corrected chi connectivity index (χ1v) is 6.68. The molecule has 0 radical (unpaired) electrons. The van der Waals surface area contributed by atoms with E-state index in [1.807, 2.05) is 26.8 Å². The molecule has 0 spiro atoms. The van der Waals surface area contributed by atoms with Crippen LogP contribution >= 0.6 is 11.8 Å². The van der Waals surface area contributed by atoms with Crippen molar-refractivity contribution in [1.29, 1.82) is 0 Å². The number of ether oxygens (including phenoxy) is 1. The third kappa shape index (κ3) is 6.21. The van der Waals surface area contributed by atoms with E-state index in [9.17, 15) is 8.78 Å². The predicted octanol–water partition coefficient (Wildman–Crippen LogP) is 4.23. The monoisotopic (exact) mass is 275 g/mol. The molecule has 0 aromatic heterocycles. The molecule has 0 saturated carbocycles. The van der Waals surface area contributed by atoms with Crippen molar-refractivity contribution in [2.24, 2.45) is 0 Å². The summed E-state index contributed by atoms with van der Waals surface area (Å²) in [5.74, 6) is -2.40. The van der Waals surface area contributed by atoms with Crippen LogP contribution in [0.2, 0.25) is 0 Å². The number of anilines is 1. The van der Waals surface area contributed by atoms with Crippen molar-refractivity contribution < 1.29 is 13.5 Å². The number of hydrogen-bond donors (Lipinski definition) is 1. The first-order valence-electron chi connectivity index (χ1n) is 5.80. The fraction of sp³-hybridized carbons (Fsp3) is 0.538. The lowest BCUT2D eigenvalue weighted by Gasteiger charge is -2.20. The average molecular weight is 275 g/mol. The molecule has 1 N–H and O–H groups in total. The zero-order valence-electron chi connectivity index (χ0n) is 10.9. The molecule has 0 aliphatic carbocycles. The summed E-state index contributed by atoms with van der Waals surface area (Å²) in [4.78, 5) is 0.559. The summed E-state index contributed by atoms with van der Waals surface area (Å²) in [6, 6.07) is 7.05. The van der Waals surface area contributed by atoms with Gasteiger partial charge in [-0.25, -0.2) is 0 Å². The van der Waals surface area contributed by atoms with Crippen LogP contribution < -0.4 is 5.32 Å². The SMILES string of the molecule is CC(C)(C)OCCNc1ccccc1SC(F)F. The molecule has 2 nitrogen and oxygen atoms in total. The van der Waals surface area contributed by atoms with E-state index < -0.39 is 5.76 Å². The maximum atomic E-state index is 12.4.